The van der Waals surface area contributed by atoms with E-state index in [-0.39, 0.29) is 31.6 Å². The fraction of sp³-hybridized carbons (Fsp3) is 0. The summed E-state index contributed by atoms with van der Waals surface area (Å²) in [5.74, 6) is 0.603. The van der Waals surface area contributed by atoms with E-state index < -0.39 is 47.2 Å². The van der Waals surface area contributed by atoms with E-state index in [0.29, 0.717) is 44.2 Å². The number of aromatic nitrogens is 4. The molecule has 4 aromatic carbocycles. The van der Waals surface area contributed by atoms with Gasteiger partial charge in [0.15, 0.2) is 0 Å². The van der Waals surface area contributed by atoms with Crippen molar-refractivity contribution >= 4 is 148 Å². The van der Waals surface area contributed by atoms with Gasteiger partial charge in [0.2, 0.25) is 0 Å². The summed E-state index contributed by atoms with van der Waals surface area (Å²) in [7, 11) is 2.26. The Balaban J connectivity index is 1.59. The molecule has 0 spiro atoms. The average Bonchev–Trinajstić information content (AvgIpc) is 3.82. The largest absolute Gasteiger partial charge is 0.324 e. The van der Waals surface area contributed by atoms with Crippen molar-refractivity contribution in [2.75, 3.05) is 0 Å². The van der Waals surface area contributed by atoms with Gasteiger partial charge in [0.05, 0.1) is 5.39 Å². The first-order chi connectivity index (χ1) is 25.1. The van der Waals surface area contributed by atoms with Crippen LogP contribution in [0.1, 0.15) is 0 Å². The molecule has 5 heterocycles. The maximum Gasteiger partial charge on any atom is 0.264 e. The number of fused-ring (bicyclic) bond motifs is 20. The van der Waals surface area contributed by atoms with Crippen molar-refractivity contribution in [1.82, 2.24) is 19.9 Å². The van der Waals surface area contributed by atoms with E-state index in [1.807, 2.05) is 42.5 Å². The van der Waals surface area contributed by atoms with Gasteiger partial charge >= 0.3 is 0 Å². The second-order valence-corrected chi connectivity index (χ2v) is 20.3. The number of nitrogens with zero attached hydrogens (tertiary/aromatic N) is 4. The summed E-state index contributed by atoms with van der Waals surface area (Å²) in [4.78, 5) is 28.6. The molecule has 0 fully saturated rings. The summed E-state index contributed by atoms with van der Waals surface area (Å²) >= 11 is 1.56. The molecule has 0 saturated carbocycles. The first-order valence-corrected chi connectivity index (χ1v) is 23.0. The Bertz CT molecular complexity index is 3580. The van der Waals surface area contributed by atoms with Gasteiger partial charge in [-0.15, -0.1) is 0 Å². The molecule has 4 aromatic heterocycles. The lowest BCUT2D eigenvalue weighted by molar-refractivity contribution is 0.589. The number of H-pyrrole nitrogens is 4. The number of benzene rings is 4. The minimum Gasteiger partial charge on any atom is -0.324 e. The van der Waals surface area contributed by atoms with E-state index in [1.165, 1.54) is 0 Å². The summed E-state index contributed by atoms with van der Waals surface area (Å²) in [6.07, 6.45) is 0. The average molecular weight is 938 g/mol. The third-order valence-corrected chi connectivity index (χ3v) is 14.4. The standard InChI is InChI=1S/C32H16Cl3IN8O6S3/c33-51(45,46)22-20-19(21(36)23(52(34,47)48)24(22)53(35,49)50)31-42-29-17-11-5-3-9-15(17)27(40-29)38-25-13-7-1-2-8-14(13)26(37-25)39-28-16-10-4-6-12-18(16)30(41-28)43-32(20)44-31/h1-12H,(H4,37,38,39,40,41,42,43,44). The van der Waals surface area contributed by atoms with Gasteiger partial charge in [0, 0.05) is 73.3 Å². The Hall–Kier alpha value is -4.31. The van der Waals surface area contributed by atoms with Crippen molar-refractivity contribution in [2.24, 2.45) is 20.0 Å². The third-order valence-electron chi connectivity index (χ3n) is 8.67. The number of aromatic amines is 4. The highest BCUT2D eigenvalue weighted by atomic mass is 127. The van der Waals surface area contributed by atoms with Crippen LogP contribution in [0.2, 0.25) is 0 Å². The molecule has 8 bridgehead atoms. The van der Waals surface area contributed by atoms with Crippen molar-refractivity contribution in [3.8, 4) is 0 Å². The predicted molar refractivity (Wildman–Crippen MR) is 208 cm³/mol. The molecular weight excluding hydrogens is 922 g/mol. The molecule has 8 aromatic rings. The van der Waals surface area contributed by atoms with Gasteiger partial charge < -0.3 is 19.9 Å². The fourth-order valence-electron chi connectivity index (χ4n) is 6.58. The highest BCUT2D eigenvalue weighted by molar-refractivity contribution is 14.1. The lowest BCUT2D eigenvalue weighted by Crippen LogP contribution is -2.11. The highest BCUT2D eigenvalue weighted by Gasteiger charge is 2.39. The van der Waals surface area contributed by atoms with E-state index in [9.17, 15) is 25.3 Å². The smallest absolute Gasteiger partial charge is 0.264 e. The maximum absolute atomic E-state index is 13.4. The fourth-order valence-corrected chi connectivity index (χ4v) is 14.2. The van der Waals surface area contributed by atoms with E-state index in [4.69, 9.17) is 52.0 Å². The molecular formula is C32H16Cl3IN8O6S3. The van der Waals surface area contributed by atoms with Crippen LogP contribution in [-0.2, 0) is 27.2 Å². The van der Waals surface area contributed by atoms with Gasteiger partial charge in [-0.2, -0.15) is 0 Å². The molecule has 0 atom stereocenters. The molecule has 21 heteroatoms. The lowest BCUT2D eigenvalue weighted by Gasteiger charge is -2.13. The molecule has 0 saturated heterocycles. The molecule has 0 radical (unpaired) electrons. The second-order valence-electron chi connectivity index (χ2n) is 11.7. The number of hydrogen-bond acceptors (Lipinski definition) is 10. The number of rotatable bonds is 3. The topological polar surface area (TPSA) is 215 Å². The van der Waals surface area contributed by atoms with Crippen LogP contribution in [-0.4, -0.2) is 45.2 Å². The Morgan fingerprint density at radius 2 is 0.736 bits per heavy atom. The molecule has 0 aliphatic carbocycles. The summed E-state index contributed by atoms with van der Waals surface area (Å²) in [5.41, 5.74) is 1.17. The van der Waals surface area contributed by atoms with Gasteiger partial charge in [-0.1, -0.05) is 72.8 Å². The van der Waals surface area contributed by atoms with Crippen LogP contribution >= 0.6 is 54.6 Å². The van der Waals surface area contributed by atoms with E-state index in [0.717, 1.165) is 10.8 Å². The number of nitrogens with one attached hydrogen (secondary N) is 4. The Kier molecular flexibility index (Phi) is 7.70. The van der Waals surface area contributed by atoms with Crippen LogP contribution in [0, 0.1) is 3.57 Å². The molecule has 0 unspecified atom stereocenters. The molecule has 4 N–H and O–H groups in total. The molecule has 0 amide bonds. The first kappa shape index (κ1) is 34.5. The SMILES string of the molecule is O=S(=O)(Cl)c1c(S(=O)(=O)Cl)c(S(=O)(=O)Cl)c2c3[nH]c(c2c1I)N=c1[nH]c(c2ccccc12)=Nc1[nH]c(c2ccccc12)N=c1[nH]c(c2ccccc12)=N3. The van der Waals surface area contributed by atoms with Crippen molar-refractivity contribution in [1.29, 1.82) is 0 Å². The summed E-state index contributed by atoms with van der Waals surface area (Å²) in [5, 5.41) is 3.41. The van der Waals surface area contributed by atoms with Gasteiger partial charge in [0.1, 0.15) is 59.9 Å². The van der Waals surface area contributed by atoms with Gasteiger partial charge in [-0.05, 0) is 22.6 Å². The Labute approximate surface area is 323 Å². The lowest BCUT2D eigenvalue weighted by atomic mass is 10.2. The van der Waals surface area contributed by atoms with Crippen molar-refractivity contribution < 1.29 is 25.3 Å². The summed E-state index contributed by atoms with van der Waals surface area (Å²) in [6, 6.07) is 21.9. The summed E-state index contributed by atoms with van der Waals surface area (Å²) < 4.78 is 79.0. The van der Waals surface area contributed by atoms with Crippen LogP contribution in [0.3, 0.4) is 0 Å². The van der Waals surface area contributed by atoms with Gasteiger partial charge in [-0.3, -0.25) is 0 Å². The van der Waals surface area contributed by atoms with E-state index in [1.54, 1.807) is 52.9 Å². The molecule has 9 rings (SSSR count). The molecule has 14 nitrogen and oxygen atoms in total. The molecule has 266 valence electrons. The zero-order valence-corrected chi connectivity index (χ0v) is 32.8. The van der Waals surface area contributed by atoms with Crippen LogP contribution in [0.5, 0.6) is 0 Å². The van der Waals surface area contributed by atoms with Crippen LogP contribution in [0.4, 0.5) is 23.3 Å². The zero-order chi connectivity index (χ0) is 37.2. The minimum atomic E-state index is -5.17. The number of hydrogen-bond donors (Lipinski definition) is 4. The monoisotopic (exact) mass is 936 g/mol. The normalized spacial score (nSPS) is 13.6. The molecule has 1 aliphatic rings. The van der Waals surface area contributed by atoms with Gasteiger partial charge in [-0.25, -0.2) is 45.2 Å². The predicted octanol–water partition coefficient (Wildman–Crippen LogP) is 6.12. The maximum atomic E-state index is 13.4. The van der Waals surface area contributed by atoms with Crippen molar-refractivity contribution in [3.05, 3.63) is 98.3 Å². The van der Waals surface area contributed by atoms with Crippen LogP contribution < -0.4 is 22.0 Å². The molecule has 1 aliphatic heterocycles. The van der Waals surface area contributed by atoms with Crippen LogP contribution in [0.25, 0.3) is 43.1 Å². The zero-order valence-electron chi connectivity index (χ0n) is 25.9. The van der Waals surface area contributed by atoms with Crippen molar-refractivity contribution in [2.45, 2.75) is 14.7 Å². The van der Waals surface area contributed by atoms with Crippen LogP contribution in [0.15, 0.2) is 107 Å². The second kappa shape index (κ2) is 11.8. The number of halogens is 4. The first-order valence-electron chi connectivity index (χ1n) is 15.0. The highest BCUT2D eigenvalue weighted by Crippen LogP contribution is 2.49. The Morgan fingerprint density at radius 1 is 0.415 bits per heavy atom. The molecule has 53 heavy (non-hydrogen) atoms. The summed E-state index contributed by atoms with van der Waals surface area (Å²) in [6.45, 7) is 0. The quantitative estimate of drug-likeness (QED) is 0.121. The van der Waals surface area contributed by atoms with Crippen molar-refractivity contribution in [3.63, 3.8) is 0 Å². The van der Waals surface area contributed by atoms with Gasteiger partial charge in [0.25, 0.3) is 27.2 Å². The van der Waals surface area contributed by atoms with E-state index >= 15 is 0 Å². The Morgan fingerprint density at radius 3 is 1.11 bits per heavy atom. The third kappa shape index (κ3) is 5.49. The van der Waals surface area contributed by atoms with E-state index in [2.05, 4.69) is 19.9 Å². The minimum absolute atomic E-state index is 0.121.